The summed E-state index contributed by atoms with van der Waals surface area (Å²) in [5.41, 5.74) is -0.775. The van der Waals surface area contributed by atoms with E-state index in [0.29, 0.717) is 0 Å². The lowest BCUT2D eigenvalue weighted by Gasteiger charge is -2.12. The molecule has 1 aromatic heterocycles. The Kier molecular flexibility index (Phi) is 3.26. The van der Waals surface area contributed by atoms with Crippen molar-refractivity contribution in [3.05, 3.63) is 53.1 Å². The van der Waals surface area contributed by atoms with Crippen LogP contribution in [0.2, 0.25) is 5.02 Å². The summed E-state index contributed by atoms with van der Waals surface area (Å²) in [5.74, 6) is -0.912. The number of benzene rings is 1. The lowest BCUT2D eigenvalue weighted by Crippen LogP contribution is -2.07. The zero-order valence-corrected chi connectivity index (χ0v) is 9.56. The Bertz CT molecular complexity index is 581. The summed E-state index contributed by atoms with van der Waals surface area (Å²) in [6.07, 6.45) is -3.47. The molecule has 0 atom stereocenters. The molecule has 0 bridgehead atoms. The van der Waals surface area contributed by atoms with Crippen molar-refractivity contribution in [2.75, 3.05) is 0 Å². The molecule has 0 saturated heterocycles. The lowest BCUT2D eigenvalue weighted by atomic mass is 10.0. The summed E-state index contributed by atoms with van der Waals surface area (Å²) in [7, 11) is 0. The Balaban J connectivity index is 2.61. The molecule has 0 aliphatic carbocycles. The average molecular weight is 276 g/mol. The molecule has 0 saturated carbocycles. The van der Waals surface area contributed by atoms with E-state index in [1.165, 1.54) is 18.2 Å². The predicted molar refractivity (Wildman–Crippen MR) is 59.6 cm³/mol. The molecule has 1 nitrogen and oxygen atoms in total. The first-order valence-corrected chi connectivity index (χ1v) is 5.25. The van der Waals surface area contributed by atoms with Gasteiger partial charge in [-0.1, -0.05) is 29.8 Å². The fraction of sp³-hybridized carbons (Fsp3) is 0.0833. The van der Waals surface area contributed by atoms with Crippen LogP contribution in [0.3, 0.4) is 0 Å². The number of pyridine rings is 1. The first-order valence-electron chi connectivity index (χ1n) is 4.87. The van der Waals surface area contributed by atoms with Gasteiger partial charge in [-0.25, -0.2) is 4.98 Å². The van der Waals surface area contributed by atoms with Crippen molar-refractivity contribution in [1.82, 2.24) is 4.98 Å². The highest BCUT2D eigenvalue weighted by atomic mass is 35.5. The molecule has 0 N–H and O–H groups in total. The minimum atomic E-state index is -4.49. The quantitative estimate of drug-likeness (QED) is 0.549. The van der Waals surface area contributed by atoms with Crippen LogP contribution in [0.1, 0.15) is 5.56 Å². The van der Waals surface area contributed by atoms with E-state index in [9.17, 15) is 17.6 Å². The fourth-order valence-electron chi connectivity index (χ4n) is 1.55. The van der Waals surface area contributed by atoms with Crippen LogP contribution in [0, 0.1) is 5.95 Å². The third-order valence-electron chi connectivity index (χ3n) is 2.34. The van der Waals surface area contributed by atoms with Crippen LogP contribution in [0.5, 0.6) is 0 Å². The Hall–Kier alpha value is -1.62. The van der Waals surface area contributed by atoms with Crippen molar-refractivity contribution < 1.29 is 17.6 Å². The summed E-state index contributed by atoms with van der Waals surface area (Å²) in [6.45, 7) is 0. The van der Waals surface area contributed by atoms with Crippen molar-refractivity contribution in [2.45, 2.75) is 6.18 Å². The highest BCUT2D eigenvalue weighted by molar-refractivity contribution is 6.30. The van der Waals surface area contributed by atoms with Crippen molar-refractivity contribution in [1.29, 1.82) is 0 Å². The SMILES string of the molecule is Fc1ncc(-c2ccccc2C(F)(F)F)cc1Cl. The topological polar surface area (TPSA) is 12.9 Å². The summed E-state index contributed by atoms with van der Waals surface area (Å²) in [6, 6.07) is 6.10. The molecule has 2 aromatic rings. The maximum atomic E-state index is 12.9. The molecular formula is C12H6ClF4N. The van der Waals surface area contributed by atoms with Crippen molar-refractivity contribution in [2.24, 2.45) is 0 Å². The minimum absolute atomic E-state index is 0.0839. The van der Waals surface area contributed by atoms with Gasteiger partial charge in [-0.2, -0.15) is 17.6 Å². The van der Waals surface area contributed by atoms with E-state index in [1.807, 2.05) is 0 Å². The van der Waals surface area contributed by atoms with Crippen LogP contribution >= 0.6 is 11.6 Å². The summed E-state index contributed by atoms with van der Waals surface area (Å²) in [4.78, 5) is 3.31. The molecule has 0 fully saturated rings. The summed E-state index contributed by atoms with van der Waals surface area (Å²) < 4.78 is 51.2. The Labute approximate surface area is 105 Å². The van der Waals surface area contributed by atoms with Crippen molar-refractivity contribution >= 4 is 11.6 Å². The van der Waals surface area contributed by atoms with E-state index >= 15 is 0 Å². The number of aromatic nitrogens is 1. The van der Waals surface area contributed by atoms with Gasteiger partial charge < -0.3 is 0 Å². The van der Waals surface area contributed by atoms with Gasteiger partial charge in [0.15, 0.2) is 0 Å². The van der Waals surface area contributed by atoms with E-state index in [4.69, 9.17) is 11.6 Å². The normalized spacial score (nSPS) is 11.6. The summed E-state index contributed by atoms with van der Waals surface area (Å²) in [5, 5.41) is -0.315. The Morgan fingerprint density at radius 3 is 2.39 bits per heavy atom. The van der Waals surface area contributed by atoms with E-state index in [0.717, 1.165) is 18.3 Å². The minimum Gasteiger partial charge on any atom is -0.226 e. The largest absolute Gasteiger partial charge is 0.417 e. The van der Waals surface area contributed by atoms with Crippen LogP contribution in [-0.2, 0) is 6.18 Å². The van der Waals surface area contributed by atoms with Crippen LogP contribution < -0.4 is 0 Å². The molecule has 1 aromatic carbocycles. The number of hydrogen-bond donors (Lipinski definition) is 0. The molecule has 0 spiro atoms. The molecule has 94 valence electrons. The fourth-order valence-corrected chi connectivity index (χ4v) is 1.72. The van der Waals surface area contributed by atoms with Crippen LogP contribution in [0.15, 0.2) is 36.5 Å². The van der Waals surface area contributed by atoms with Crippen LogP contribution in [0.25, 0.3) is 11.1 Å². The van der Waals surface area contributed by atoms with Gasteiger partial charge in [0.1, 0.15) is 0 Å². The molecule has 0 aliphatic heterocycles. The maximum Gasteiger partial charge on any atom is 0.417 e. The number of alkyl halides is 3. The zero-order chi connectivity index (χ0) is 13.3. The van der Waals surface area contributed by atoms with Gasteiger partial charge in [0.2, 0.25) is 5.95 Å². The van der Waals surface area contributed by atoms with Crippen LogP contribution in [0.4, 0.5) is 17.6 Å². The molecule has 2 rings (SSSR count). The second kappa shape index (κ2) is 4.57. The molecule has 0 aliphatic rings. The molecule has 0 radical (unpaired) electrons. The smallest absolute Gasteiger partial charge is 0.226 e. The van der Waals surface area contributed by atoms with Gasteiger partial charge >= 0.3 is 6.18 Å². The molecule has 18 heavy (non-hydrogen) atoms. The number of hydrogen-bond acceptors (Lipinski definition) is 1. The molecule has 1 heterocycles. The monoisotopic (exact) mass is 275 g/mol. The van der Waals surface area contributed by atoms with E-state index in [-0.39, 0.29) is 16.1 Å². The van der Waals surface area contributed by atoms with Gasteiger partial charge in [0.25, 0.3) is 0 Å². The van der Waals surface area contributed by atoms with Crippen LogP contribution in [-0.4, -0.2) is 4.98 Å². The highest BCUT2D eigenvalue weighted by Crippen LogP contribution is 2.37. The lowest BCUT2D eigenvalue weighted by molar-refractivity contribution is -0.137. The van der Waals surface area contributed by atoms with Gasteiger partial charge in [-0.3, -0.25) is 0 Å². The first-order chi connectivity index (χ1) is 8.39. The second-order valence-electron chi connectivity index (χ2n) is 3.54. The molecule has 6 heteroatoms. The highest BCUT2D eigenvalue weighted by Gasteiger charge is 2.33. The third kappa shape index (κ3) is 2.46. The maximum absolute atomic E-state index is 12.9. The second-order valence-corrected chi connectivity index (χ2v) is 3.95. The Morgan fingerprint density at radius 1 is 1.11 bits per heavy atom. The average Bonchev–Trinajstić information content (AvgIpc) is 2.32. The molecular weight excluding hydrogens is 270 g/mol. The van der Waals surface area contributed by atoms with E-state index < -0.39 is 17.7 Å². The van der Waals surface area contributed by atoms with E-state index in [2.05, 4.69) is 4.98 Å². The Morgan fingerprint density at radius 2 is 1.78 bits per heavy atom. The van der Waals surface area contributed by atoms with Gasteiger partial charge in [-0.15, -0.1) is 0 Å². The number of rotatable bonds is 1. The predicted octanol–water partition coefficient (Wildman–Crippen LogP) is 4.56. The standard InChI is InChI=1S/C12H6ClF4N/c13-10-5-7(6-18-11(10)14)8-3-1-2-4-9(8)12(15,16)17/h1-6H. The van der Waals surface area contributed by atoms with Crippen molar-refractivity contribution in [3.63, 3.8) is 0 Å². The molecule has 0 unspecified atom stereocenters. The van der Waals surface area contributed by atoms with Gasteiger partial charge in [0, 0.05) is 11.8 Å². The molecule has 0 amide bonds. The third-order valence-corrected chi connectivity index (χ3v) is 2.60. The van der Waals surface area contributed by atoms with E-state index in [1.54, 1.807) is 0 Å². The number of nitrogens with zero attached hydrogens (tertiary/aromatic N) is 1. The van der Waals surface area contributed by atoms with Gasteiger partial charge in [0.05, 0.1) is 10.6 Å². The van der Waals surface area contributed by atoms with Crippen molar-refractivity contribution in [3.8, 4) is 11.1 Å². The first kappa shape index (κ1) is 12.8. The summed E-state index contributed by atoms with van der Waals surface area (Å²) >= 11 is 5.51. The zero-order valence-electron chi connectivity index (χ0n) is 8.80. The van der Waals surface area contributed by atoms with Gasteiger partial charge in [-0.05, 0) is 17.7 Å². The number of halogens is 5.